The molecule has 1 atom stereocenters. The van der Waals surface area contributed by atoms with Crippen LogP contribution in [0.4, 0.5) is 5.69 Å². The van der Waals surface area contributed by atoms with E-state index in [4.69, 9.17) is 0 Å². The SMILES string of the molecule is CCCC(=O)Nc1cccc(C(=O)NCCN2CCCCC2CO)c1. The highest BCUT2D eigenvalue weighted by atomic mass is 16.3. The minimum atomic E-state index is -0.149. The fourth-order valence-electron chi connectivity index (χ4n) is 3.16. The van der Waals surface area contributed by atoms with Crippen molar-refractivity contribution in [2.24, 2.45) is 0 Å². The number of nitrogens with one attached hydrogen (secondary N) is 2. The monoisotopic (exact) mass is 347 g/mol. The number of hydrogen-bond donors (Lipinski definition) is 3. The van der Waals surface area contributed by atoms with Gasteiger partial charge in [0.2, 0.25) is 5.91 Å². The minimum absolute atomic E-state index is 0.0415. The van der Waals surface area contributed by atoms with Crippen LogP contribution >= 0.6 is 0 Å². The van der Waals surface area contributed by atoms with Crippen LogP contribution in [-0.4, -0.2) is 54.1 Å². The van der Waals surface area contributed by atoms with Gasteiger partial charge in [0.25, 0.3) is 5.91 Å². The second kappa shape index (κ2) is 10.2. The van der Waals surface area contributed by atoms with Crippen molar-refractivity contribution in [2.45, 2.75) is 45.1 Å². The van der Waals surface area contributed by atoms with E-state index in [0.29, 0.717) is 24.2 Å². The second-order valence-electron chi connectivity index (χ2n) is 6.50. The van der Waals surface area contributed by atoms with Gasteiger partial charge in [0.15, 0.2) is 0 Å². The fourth-order valence-corrected chi connectivity index (χ4v) is 3.16. The molecule has 6 heteroatoms. The molecule has 0 aromatic heterocycles. The van der Waals surface area contributed by atoms with Gasteiger partial charge in [-0.05, 0) is 44.0 Å². The number of carbonyl (C=O) groups excluding carboxylic acids is 2. The Morgan fingerprint density at radius 2 is 2.16 bits per heavy atom. The summed E-state index contributed by atoms with van der Waals surface area (Å²) in [5.41, 5.74) is 1.18. The molecular formula is C19H29N3O3. The first-order valence-corrected chi connectivity index (χ1v) is 9.17. The van der Waals surface area contributed by atoms with Crippen molar-refractivity contribution in [3.8, 4) is 0 Å². The number of nitrogens with zero attached hydrogens (tertiary/aromatic N) is 1. The van der Waals surface area contributed by atoms with Gasteiger partial charge in [-0.15, -0.1) is 0 Å². The van der Waals surface area contributed by atoms with Gasteiger partial charge in [0, 0.05) is 36.8 Å². The number of aliphatic hydroxyl groups excluding tert-OH is 1. The van der Waals surface area contributed by atoms with Crippen molar-refractivity contribution in [3.05, 3.63) is 29.8 Å². The average molecular weight is 347 g/mol. The molecule has 0 radical (unpaired) electrons. The van der Waals surface area contributed by atoms with E-state index in [1.54, 1.807) is 24.3 Å². The number of aliphatic hydroxyl groups is 1. The molecule has 1 heterocycles. The van der Waals surface area contributed by atoms with Gasteiger partial charge in [0.05, 0.1) is 6.61 Å². The fraction of sp³-hybridized carbons (Fsp3) is 0.579. The maximum Gasteiger partial charge on any atom is 0.251 e. The lowest BCUT2D eigenvalue weighted by Crippen LogP contribution is -2.45. The summed E-state index contributed by atoms with van der Waals surface area (Å²) < 4.78 is 0. The number of anilines is 1. The molecule has 1 aliphatic rings. The summed E-state index contributed by atoms with van der Waals surface area (Å²) in [5.74, 6) is -0.190. The van der Waals surface area contributed by atoms with Crippen LogP contribution in [0.15, 0.2) is 24.3 Å². The van der Waals surface area contributed by atoms with E-state index in [-0.39, 0.29) is 24.5 Å². The highest BCUT2D eigenvalue weighted by Crippen LogP contribution is 2.16. The number of benzene rings is 1. The molecule has 1 aromatic carbocycles. The van der Waals surface area contributed by atoms with E-state index in [9.17, 15) is 14.7 Å². The van der Waals surface area contributed by atoms with E-state index < -0.39 is 0 Å². The molecule has 138 valence electrons. The van der Waals surface area contributed by atoms with E-state index >= 15 is 0 Å². The Labute approximate surface area is 149 Å². The Bertz CT molecular complexity index is 577. The molecule has 0 saturated carbocycles. The molecule has 0 bridgehead atoms. The Kier molecular flexibility index (Phi) is 7.88. The van der Waals surface area contributed by atoms with E-state index in [0.717, 1.165) is 38.8 Å². The molecule has 6 nitrogen and oxygen atoms in total. The molecule has 3 N–H and O–H groups in total. The Morgan fingerprint density at radius 1 is 1.32 bits per heavy atom. The molecule has 1 aromatic rings. The quantitative estimate of drug-likeness (QED) is 0.672. The van der Waals surface area contributed by atoms with Gasteiger partial charge < -0.3 is 15.7 Å². The van der Waals surface area contributed by atoms with Crippen LogP contribution in [0.2, 0.25) is 0 Å². The summed E-state index contributed by atoms with van der Waals surface area (Å²) in [7, 11) is 0. The van der Waals surface area contributed by atoms with Crippen LogP contribution in [0.25, 0.3) is 0 Å². The first-order valence-electron chi connectivity index (χ1n) is 9.17. The molecule has 1 fully saturated rings. The number of hydrogen-bond acceptors (Lipinski definition) is 4. The van der Waals surface area contributed by atoms with Gasteiger partial charge in [-0.25, -0.2) is 0 Å². The Morgan fingerprint density at radius 3 is 2.92 bits per heavy atom. The zero-order chi connectivity index (χ0) is 18.1. The number of amides is 2. The van der Waals surface area contributed by atoms with Gasteiger partial charge in [0.1, 0.15) is 0 Å². The van der Waals surface area contributed by atoms with E-state index in [1.165, 1.54) is 0 Å². The lowest BCUT2D eigenvalue weighted by molar-refractivity contribution is -0.116. The molecule has 1 saturated heterocycles. The van der Waals surface area contributed by atoms with Crippen LogP contribution < -0.4 is 10.6 Å². The smallest absolute Gasteiger partial charge is 0.251 e. The second-order valence-corrected chi connectivity index (χ2v) is 6.50. The summed E-state index contributed by atoms with van der Waals surface area (Å²) in [6, 6.07) is 7.19. The number of rotatable bonds is 8. The van der Waals surface area contributed by atoms with Crippen molar-refractivity contribution >= 4 is 17.5 Å². The van der Waals surface area contributed by atoms with Crippen LogP contribution in [0, 0.1) is 0 Å². The highest BCUT2D eigenvalue weighted by molar-refractivity contribution is 5.97. The van der Waals surface area contributed by atoms with Crippen LogP contribution in [0.1, 0.15) is 49.4 Å². The zero-order valence-corrected chi connectivity index (χ0v) is 15.0. The van der Waals surface area contributed by atoms with Crippen molar-refractivity contribution in [1.29, 1.82) is 0 Å². The van der Waals surface area contributed by atoms with Gasteiger partial charge in [-0.2, -0.15) is 0 Å². The molecule has 1 unspecified atom stereocenters. The van der Waals surface area contributed by atoms with E-state index in [1.807, 2.05) is 6.92 Å². The first kappa shape index (κ1) is 19.4. The van der Waals surface area contributed by atoms with Crippen LogP contribution in [0.3, 0.4) is 0 Å². The zero-order valence-electron chi connectivity index (χ0n) is 15.0. The number of piperidine rings is 1. The molecule has 0 aliphatic carbocycles. The van der Waals surface area contributed by atoms with Crippen molar-refractivity contribution in [3.63, 3.8) is 0 Å². The molecular weight excluding hydrogens is 318 g/mol. The molecule has 2 rings (SSSR count). The third kappa shape index (κ3) is 6.14. The van der Waals surface area contributed by atoms with Crippen molar-refractivity contribution in [1.82, 2.24) is 10.2 Å². The molecule has 1 aliphatic heterocycles. The van der Waals surface area contributed by atoms with Crippen molar-refractivity contribution < 1.29 is 14.7 Å². The number of carbonyl (C=O) groups is 2. The third-order valence-electron chi connectivity index (χ3n) is 4.53. The molecule has 25 heavy (non-hydrogen) atoms. The Hall–Kier alpha value is -1.92. The lowest BCUT2D eigenvalue weighted by Gasteiger charge is -2.34. The minimum Gasteiger partial charge on any atom is -0.395 e. The van der Waals surface area contributed by atoms with Gasteiger partial charge >= 0.3 is 0 Å². The average Bonchev–Trinajstić information content (AvgIpc) is 2.62. The Balaban J connectivity index is 1.83. The van der Waals surface area contributed by atoms with Gasteiger partial charge in [-0.1, -0.05) is 19.4 Å². The summed E-state index contributed by atoms with van der Waals surface area (Å²) in [6.45, 7) is 4.38. The normalized spacial score (nSPS) is 17.9. The van der Waals surface area contributed by atoms with E-state index in [2.05, 4.69) is 15.5 Å². The predicted molar refractivity (Wildman–Crippen MR) is 98.6 cm³/mol. The maximum absolute atomic E-state index is 12.3. The van der Waals surface area contributed by atoms with Gasteiger partial charge in [-0.3, -0.25) is 14.5 Å². The largest absolute Gasteiger partial charge is 0.395 e. The van der Waals surface area contributed by atoms with Crippen LogP contribution in [-0.2, 0) is 4.79 Å². The standard InChI is InChI=1S/C19H29N3O3/c1-2-6-18(24)21-16-8-5-7-15(13-16)19(25)20-10-12-22-11-4-3-9-17(22)14-23/h5,7-8,13,17,23H,2-4,6,9-12,14H2,1H3,(H,20,25)(H,21,24). The van der Waals surface area contributed by atoms with Crippen LogP contribution in [0.5, 0.6) is 0 Å². The lowest BCUT2D eigenvalue weighted by atomic mass is 10.0. The molecule has 0 spiro atoms. The predicted octanol–water partition coefficient (Wildman–Crippen LogP) is 2.00. The summed E-state index contributed by atoms with van der Waals surface area (Å²) in [6.07, 6.45) is 4.58. The molecule has 2 amide bonds. The van der Waals surface area contributed by atoms with Crippen molar-refractivity contribution in [2.75, 3.05) is 31.6 Å². The summed E-state index contributed by atoms with van der Waals surface area (Å²) in [5, 5.41) is 15.2. The summed E-state index contributed by atoms with van der Waals surface area (Å²) >= 11 is 0. The summed E-state index contributed by atoms with van der Waals surface area (Å²) in [4.78, 5) is 26.2. The third-order valence-corrected chi connectivity index (χ3v) is 4.53. The topological polar surface area (TPSA) is 81.7 Å². The number of likely N-dealkylation sites (tertiary alicyclic amines) is 1. The first-order chi connectivity index (χ1) is 12.1. The maximum atomic E-state index is 12.3. The highest BCUT2D eigenvalue weighted by Gasteiger charge is 2.21.